The number of hydrogen-bond acceptors (Lipinski definition) is 1. The van der Waals surface area contributed by atoms with E-state index >= 15 is 0 Å². The molecule has 0 amide bonds. The number of alkyl halides is 3. The number of anilines is 1. The average Bonchev–Trinajstić information content (AvgIpc) is 2.74. The first-order valence-electron chi connectivity index (χ1n) is 6.41. The zero-order valence-corrected chi connectivity index (χ0v) is 10.8. The molecule has 0 unspecified atom stereocenters. The molecule has 1 aliphatic carbocycles. The van der Waals surface area contributed by atoms with Crippen LogP contribution in [0.1, 0.15) is 38.2 Å². The first-order chi connectivity index (χ1) is 8.80. The summed E-state index contributed by atoms with van der Waals surface area (Å²) in [4.78, 5) is 0. The van der Waals surface area contributed by atoms with Crippen molar-refractivity contribution in [3.05, 3.63) is 29.6 Å². The second kappa shape index (κ2) is 5.02. The molecular weight excluding hydrogens is 258 g/mol. The SMILES string of the molecule is CC1(CNc2ccc(C(F)(F)F)cc2F)CCCC1. The summed E-state index contributed by atoms with van der Waals surface area (Å²) in [5.41, 5.74) is -0.696. The quantitative estimate of drug-likeness (QED) is 0.778. The van der Waals surface area contributed by atoms with Crippen LogP contribution in [0.3, 0.4) is 0 Å². The minimum absolute atomic E-state index is 0.120. The van der Waals surface area contributed by atoms with Crippen LogP contribution in [-0.4, -0.2) is 6.54 Å². The molecule has 0 saturated heterocycles. The molecule has 1 aliphatic rings. The molecule has 5 heteroatoms. The molecule has 1 fully saturated rings. The van der Waals surface area contributed by atoms with Gasteiger partial charge in [-0.25, -0.2) is 4.39 Å². The van der Waals surface area contributed by atoms with Gasteiger partial charge in [-0.1, -0.05) is 19.8 Å². The van der Waals surface area contributed by atoms with Gasteiger partial charge in [-0.05, 0) is 36.5 Å². The van der Waals surface area contributed by atoms with Crippen LogP contribution in [0.15, 0.2) is 18.2 Å². The van der Waals surface area contributed by atoms with E-state index in [4.69, 9.17) is 0 Å². The fourth-order valence-corrected chi connectivity index (χ4v) is 2.55. The van der Waals surface area contributed by atoms with E-state index in [1.807, 2.05) is 0 Å². The zero-order valence-electron chi connectivity index (χ0n) is 10.8. The zero-order chi connectivity index (χ0) is 14.1. The minimum Gasteiger partial charge on any atom is -0.382 e. The number of nitrogens with one attached hydrogen (secondary N) is 1. The lowest BCUT2D eigenvalue weighted by Gasteiger charge is -2.24. The van der Waals surface area contributed by atoms with Gasteiger partial charge in [-0.2, -0.15) is 13.2 Å². The largest absolute Gasteiger partial charge is 0.416 e. The van der Waals surface area contributed by atoms with Crippen molar-refractivity contribution in [3.8, 4) is 0 Å². The van der Waals surface area contributed by atoms with Crippen LogP contribution in [0.4, 0.5) is 23.2 Å². The van der Waals surface area contributed by atoms with Crippen LogP contribution in [0.5, 0.6) is 0 Å². The lowest BCUT2D eigenvalue weighted by molar-refractivity contribution is -0.137. The van der Waals surface area contributed by atoms with Gasteiger partial charge >= 0.3 is 6.18 Å². The second-order valence-electron chi connectivity index (χ2n) is 5.56. The molecule has 1 saturated carbocycles. The Labute approximate surface area is 110 Å². The first-order valence-corrected chi connectivity index (χ1v) is 6.41. The summed E-state index contributed by atoms with van der Waals surface area (Å²) in [5.74, 6) is -0.851. The Kier molecular flexibility index (Phi) is 3.74. The Morgan fingerprint density at radius 2 is 1.84 bits per heavy atom. The molecule has 1 aromatic carbocycles. The van der Waals surface area contributed by atoms with Crippen LogP contribution < -0.4 is 5.32 Å². The Balaban J connectivity index is 2.05. The smallest absolute Gasteiger partial charge is 0.382 e. The molecule has 0 aromatic heterocycles. The standard InChI is InChI=1S/C14H17F4N/c1-13(6-2-3-7-13)9-19-12-5-4-10(8-11(12)15)14(16,17)18/h4-5,8,19H,2-3,6-7,9H2,1H3. The van der Waals surface area contributed by atoms with E-state index in [9.17, 15) is 17.6 Å². The predicted molar refractivity (Wildman–Crippen MR) is 66.5 cm³/mol. The third kappa shape index (κ3) is 3.39. The highest BCUT2D eigenvalue weighted by atomic mass is 19.4. The van der Waals surface area contributed by atoms with Crippen molar-refractivity contribution >= 4 is 5.69 Å². The van der Waals surface area contributed by atoms with Crippen LogP contribution in [0.2, 0.25) is 0 Å². The molecule has 19 heavy (non-hydrogen) atoms. The highest BCUT2D eigenvalue weighted by Gasteiger charge is 2.32. The normalized spacial score (nSPS) is 18.6. The van der Waals surface area contributed by atoms with Crippen LogP contribution in [0.25, 0.3) is 0 Å². The highest BCUT2D eigenvalue weighted by Crippen LogP contribution is 2.38. The summed E-state index contributed by atoms with van der Waals surface area (Å²) in [6, 6.07) is 2.61. The third-order valence-electron chi connectivity index (χ3n) is 3.81. The fourth-order valence-electron chi connectivity index (χ4n) is 2.55. The van der Waals surface area contributed by atoms with E-state index in [1.54, 1.807) is 0 Å². The number of halogens is 4. The summed E-state index contributed by atoms with van der Waals surface area (Å²) < 4.78 is 50.8. The van der Waals surface area contributed by atoms with Crippen LogP contribution in [-0.2, 0) is 6.18 Å². The molecule has 0 spiro atoms. The van der Waals surface area contributed by atoms with Gasteiger partial charge in [0.25, 0.3) is 0 Å². The maximum absolute atomic E-state index is 13.6. The van der Waals surface area contributed by atoms with E-state index < -0.39 is 17.6 Å². The summed E-state index contributed by atoms with van der Waals surface area (Å²) in [6.07, 6.45) is -0.0390. The molecular formula is C14H17F4N. The molecule has 0 radical (unpaired) electrons. The molecule has 0 atom stereocenters. The summed E-state index contributed by atoms with van der Waals surface area (Å²) in [7, 11) is 0. The van der Waals surface area contributed by atoms with Gasteiger partial charge in [0.05, 0.1) is 11.3 Å². The topological polar surface area (TPSA) is 12.0 Å². The van der Waals surface area contributed by atoms with Gasteiger partial charge in [-0.3, -0.25) is 0 Å². The Hall–Kier alpha value is -1.26. The maximum atomic E-state index is 13.6. The molecule has 1 nitrogen and oxygen atoms in total. The first kappa shape index (κ1) is 14.2. The number of rotatable bonds is 3. The van der Waals surface area contributed by atoms with Gasteiger partial charge in [0.15, 0.2) is 0 Å². The fraction of sp³-hybridized carbons (Fsp3) is 0.571. The monoisotopic (exact) mass is 275 g/mol. The number of hydrogen-bond donors (Lipinski definition) is 1. The van der Waals surface area contributed by atoms with Crippen molar-refractivity contribution in [2.45, 2.75) is 38.8 Å². The second-order valence-corrected chi connectivity index (χ2v) is 5.56. The maximum Gasteiger partial charge on any atom is 0.416 e. The van der Waals surface area contributed by atoms with Crippen molar-refractivity contribution in [2.24, 2.45) is 5.41 Å². The minimum atomic E-state index is -4.50. The van der Waals surface area contributed by atoms with Gasteiger partial charge in [0, 0.05) is 6.54 Å². The average molecular weight is 275 g/mol. The summed E-state index contributed by atoms with van der Waals surface area (Å²) >= 11 is 0. The molecule has 1 aromatic rings. The third-order valence-corrected chi connectivity index (χ3v) is 3.81. The molecule has 0 bridgehead atoms. The Bertz CT molecular complexity index is 447. The number of benzene rings is 1. The van der Waals surface area contributed by atoms with Gasteiger partial charge < -0.3 is 5.32 Å². The van der Waals surface area contributed by atoms with E-state index in [0.29, 0.717) is 12.6 Å². The lowest BCUT2D eigenvalue weighted by Crippen LogP contribution is -2.23. The van der Waals surface area contributed by atoms with Crippen LogP contribution >= 0.6 is 0 Å². The Morgan fingerprint density at radius 1 is 1.21 bits per heavy atom. The van der Waals surface area contributed by atoms with Crippen molar-refractivity contribution in [1.29, 1.82) is 0 Å². The van der Waals surface area contributed by atoms with Gasteiger partial charge in [-0.15, -0.1) is 0 Å². The van der Waals surface area contributed by atoms with Crippen molar-refractivity contribution < 1.29 is 17.6 Å². The lowest BCUT2D eigenvalue weighted by atomic mass is 9.89. The van der Waals surface area contributed by atoms with Crippen molar-refractivity contribution in [3.63, 3.8) is 0 Å². The van der Waals surface area contributed by atoms with Crippen molar-refractivity contribution in [1.82, 2.24) is 0 Å². The predicted octanol–water partition coefficient (Wildman–Crippen LogP) is 4.84. The van der Waals surface area contributed by atoms with E-state index in [1.165, 1.54) is 0 Å². The summed E-state index contributed by atoms with van der Waals surface area (Å²) in [6.45, 7) is 2.71. The van der Waals surface area contributed by atoms with Crippen molar-refractivity contribution in [2.75, 3.05) is 11.9 Å². The molecule has 0 heterocycles. The molecule has 0 aliphatic heterocycles. The molecule has 2 rings (SSSR count). The van der Waals surface area contributed by atoms with E-state index in [2.05, 4.69) is 12.2 Å². The van der Waals surface area contributed by atoms with E-state index in [0.717, 1.165) is 37.8 Å². The van der Waals surface area contributed by atoms with Gasteiger partial charge in [0.1, 0.15) is 5.82 Å². The Morgan fingerprint density at radius 3 is 2.37 bits per heavy atom. The van der Waals surface area contributed by atoms with Crippen LogP contribution in [0, 0.1) is 11.2 Å². The van der Waals surface area contributed by atoms with E-state index in [-0.39, 0.29) is 11.1 Å². The highest BCUT2D eigenvalue weighted by molar-refractivity contribution is 5.47. The molecule has 1 N–H and O–H groups in total. The van der Waals surface area contributed by atoms with Gasteiger partial charge in [0.2, 0.25) is 0 Å². The summed E-state index contributed by atoms with van der Waals surface area (Å²) in [5, 5.41) is 2.93. The molecule has 106 valence electrons.